The van der Waals surface area contributed by atoms with Crippen LogP contribution in [0, 0.1) is 6.92 Å². The number of amides is 3. The highest BCUT2D eigenvalue weighted by Crippen LogP contribution is 2.33. The molecule has 3 aliphatic rings. The van der Waals surface area contributed by atoms with E-state index in [4.69, 9.17) is 4.74 Å². The number of piperidine rings is 1. The second kappa shape index (κ2) is 12.6. The van der Waals surface area contributed by atoms with Crippen molar-refractivity contribution in [2.45, 2.75) is 84.0 Å². The molecule has 1 aromatic carbocycles. The molecule has 3 amide bonds. The highest BCUT2D eigenvalue weighted by atomic mass is 32.1. The van der Waals surface area contributed by atoms with Gasteiger partial charge in [-0.25, -0.2) is 9.78 Å². The van der Waals surface area contributed by atoms with Crippen LogP contribution in [-0.4, -0.2) is 75.8 Å². The predicted octanol–water partition coefficient (Wildman–Crippen LogP) is 3.93. The molecule has 0 unspecified atom stereocenters. The van der Waals surface area contributed by atoms with Crippen molar-refractivity contribution in [2.75, 3.05) is 19.6 Å². The molecule has 11 heteroatoms. The van der Waals surface area contributed by atoms with Crippen LogP contribution in [0.4, 0.5) is 4.79 Å². The number of ether oxygens (including phenoxy) is 1. The summed E-state index contributed by atoms with van der Waals surface area (Å²) in [5.74, 6) is 0.675. The molecule has 1 aromatic heterocycles. The first kappa shape index (κ1) is 29.8. The van der Waals surface area contributed by atoms with E-state index >= 15 is 0 Å². The average Bonchev–Trinajstić information content (AvgIpc) is 3.71. The van der Waals surface area contributed by atoms with Gasteiger partial charge < -0.3 is 25.2 Å². The number of amidine groups is 1. The van der Waals surface area contributed by atoms with E-state index in [0.29, 0.717) is 37.6 Å². The van der Waals surface area contributed by atoms with E-state index < -0.39 is 5.60 Å². The van der Waals surface area contributed by atoms with Gasteiger partial charge in [0.05, 0.1) is 25.1 Å². The lowest BCUT2D eigenvalue weighted by atomic mass is 10.0. The minimum Gasteiger partial charge on any atom is -0.444 e. The lowest BCUT2D eigenvalue weighted by Crippen LogP contribution is -2.51. The lowest BCUT2D eigenvalue weighted by Gasteiger charge is -2.39. The molecule has 10 nitrogen and oxygen atoms in total. The van der Waals surface area contributed by atoms with Gasteiger partial charge in [-0.15, -0.1) is 11.3 Å². The Morgan fingerprint density at radius 1 is 1.10 bits per heavy atom. The van der Waals surface area contributed by atoms with E-state index in [2.05, 4.69) is 20.6 Å². The van der Waals surface area contributed by atoms with Crippen LogP contribution in [0.15, 0.2) is 47.2 Å². The van der Waals surface area contributed by atoms with Crippen LogP contribution >= 0.6 is 11.3 Å². The number of nitrogens with one attached hydrogen (secondary N) is 2. The number of thiazole rings is 1. The summed E-state index contributed by atoms with van der Waals surface area (Å²) < 4.78 is 5.53. The maximum Gasteiger partial charge on any atom is 0.410 e. The molecule has 1 saturated heterocycles. The van der Waals surface area contributed by atoms with Crippen molar-refractivity contribution in [1.82, 2.24) is 25.4 Å². The largest absolute Gasteiger partial charge is 0.444 e. The SMILES string of the molecule is Cc1cnc(CNC(=O)Cc2ccc(C3=NCC(C(=O)N(C4CC4)C4CCN(C(=O)OC(C)(C)C)CC4)=CN3)cc2)s1. The summed E-state index contributed by atoms with van der Waals surface area (Å²) in [4.78, 5) is 52.3. The second-order valence-electron chi connectivity index (χ2n) is 12.1. The van der Waals surface area contributed by atoms with Crippen LogP contribution in [0.1, 0.15) is 67.5 Å². The van der Waals surface area contributed by atoms with Crippen molar-refractivity contribution in [3.05, 3.63) is 63.2 Å². The molecule has 2 fully saturated rings. The zero-order valence-electron chi connectivity index (χ0n) is 24.8. The molecule has 1 saturated carbocycles. The average molecular weight is 593 g/mol. The van der Waals surface area contributed by atoms with Gasteiger partial charge >= 0.3 is 6.09 Å². The molecular formula is C31H40N6O4S. The summed E-state index contributed by atoms with van der Waals surface area (Å²) in [7, 11) is 0. The number of benzene rings is 1. The molecule has 1 aliphatic carbocycles. The van der Waals surface area contributed by atoms with E-state index in [1.807, 2.05) is 63.1 Å². The number of aryl methyl sites for hydroxylation is 1. The first-order valence-electron chi connectivity index (χ1n) is 14.6. The molecule has 2 aliphatic heterocycles. The van der Waals surface area contributed by atoms with Gasteiger partial charge in [-0.05, 0) is 58.9 Å². The van der Waals surface area contributed by atoms with E-state index in [-0.39, 0.29) is 36.4 Å². The van der Waals surface area contributed by atoms with E-state index in [0.717, 1.165) is 46.7 Å². The van der Waals surface area contributed by atoms with E-state index in [1.165, 1.54) is 0 Å². The summed E-state index contributed by atoms with van der Waals surface area (Å²) in [6, 6.07) is 8.09. The topological polar surface area (TPSA) is 116 Å². The van der Waals surface area contributed by atoms with Crippen LogP contribution in [0.5, 0.6) is 0 Å². The minimum absolute atomic E-state index is 0.0257. The summed E-state index contributed by atoms with van der Waals surface area (Å²) in [6.45, 7) is 9.51. The number of likely N-dealkylation sites (tertiary alicyclic amines) is 1. The minimum atomic E-state index is -0.524. The number of hydrogen-bond donors (Lipinski definition) is 2. The second-order valence-corrected chi connectivity index (χ2v) is 13.5. The Morgan fingerprint density at radius 3 is 2.36 bits per heavy atom. The molecular weight excluding hydrogens is 552 g/mol. The van der Waals surface area contributed by atoms with Crippen LogP contribution in [0.25, 0.3) is 0 Å². The zero-order chi connectivity index (χ0) is 29.9. The lowest BCUT2D eigenvalue weighted by molar-refractivity contribution is -0.131. The van der Waals surface area contributed by atoms with Crippen LogP contribution in [-0.2, 0) is 27.3 Å². The molecule has 2 aromatic rings. The van der Waals surface area contributed by atoms with Gasteiger partial charge in [0.15, 0.2) is 0 Å². The fraction of sp³-hybridized carbons (Fsp3) is 0.516. The van der Waals surface area contributed by atoms with Gasteiger partial charge in [0, 0.05) is 48.0 Å². The monoisotopic (exact) mass is 592 g/mol. The van der Waals surface area contributed by atoms with Gasteiger partial charge in [0.1, 0.15) is 16.4 Å². The molecule has 2 N–H and O–H groups in total. The molecule has 0 radical (unpaired) electrons. The first-order valence-corrected chi connectivity index (χ1v) is 15.5. The molecule has 0 spiro atoms. The third-order valence-electron chi connectivity index (χ3n) is 7.45. The molecule has 0 atom stereocenters. The molecule has 42 heavy (non-hydrogen) atoms. The summed E-state index contributed by atoms with van der Waals surface area (Å²) in [5.41, 5.74) is 1.93. The third-order valence-corrected chi connectivity index (χ3v) is 8.36. The van der Waals surface area contributed by atoms with Crippen molar-refractivity contribution in [2.24, 2.45) is 4.99 Å². The van der Waals surface area contributed by atoms with Gasteiger partial charge in [-0.3, -0.25) is 14.6 Å². The van der Waals surface area contributed by atoms with Gasteiger partial charge in [-0.1, -0.05) is 24.3 Å². The highest BCUT2D eigenvalue weighted by molar-refractivity contribution is 7.11. The van der Waals surface area contributed by atoms with Crippen LogP contribution in [0.2, 0.25) is 0 Å². The Morgan fingerprint density at radius 2 is 1.79 bits per heavy atom. The fourth-order valence-electron chi connectivity index (χ4n) is 5.20. The normalized spacial score (nSPS) is 17.6. The smallest absolute Gasteiger partial charge is 0.410 e. The standard InChI is InChI=1S/C31H40N6O4S/c1-20-16-33-27(42-20)19-32-26(38)15-21-5-7-22(8-6-21)28-34-17-23(18-35-28)29(39)37(24-9-10-24)25-11-13-36(14-12-25)30(40)41-31(2,3)4/h5-8,16-17,24-25H,9-15,18-19H2,1-4H3,(H,32,38)(H,34,35). The van der Waals surface area contributed by atoms with Crippen molar-refractivity contribution in [3.8, 4) is 0 Å². The zero-order valence-corrected chi connectivity index (χ0v) is 25.6. The Balaban J connectivity index is 1.12. The Labute approximate surface area is 251 Å². The Kier molecular flexibility index (Phi) is 8.96. The number of hydrogen-bond acceptors (Lipinski definition) is 8. The quantitative estimate of drug-likeness (QED) is 0.480. The summed E-state index contributed by atoms with van der Waals surface area (Å²) in [6.07, 6.45) is 7.10. The molecule has 3 heterocycles. The van der Waals surface area contributed by atoms with Gasteiger partial charge in [0.25, 0.3) is 5.91 Å². The number of nitrogens with zero attached hydrogens (tertiary/aromatic N) is 4. The highest BCUT2D eigenvalue weighted by Gasteiger charge is 2.40. The van der Waals surface area contributed by atoms with E-state index in [1.54, 1.807) is 22.4 Å². The number of carbonyl (C=O) groups is 3. The van der Waals surface area contributed by atoms with Crippen molar-refractivity contribution in [1.29, 1.82) is 0 Å². The number of aliphatic imine (C=N–C) groups is 1. The number of aromatic nitrogens is 1. The Bertz CT molecular complexity index is 1360. The third kappa shape index (κ3) is 7.76. The maximum absolute atomic E-state index is 13.6. The van der Waals surface area contributed by atoms with Gasteiger partial charge in [0.2, 0.25) is 5.91 Å². The fourth-order valence-corrected chi connectivity index (χ4v) is 5.93. The predicted molar refractivity (Wildman–Crippen MR) is 162 cm³/mol. The number of rotatable bonds is 8. The first-order chi connectivity index (χ1) is 20.1. The van der Waals surface area contributed by atoms with Crippen LogP contribution < -0.4 is 10.6 Å². The number of carbonyl (C=O) groups excluding carboxylic acids is 3. The van der Waals surface area contributed by atoms with Crippen molar-refractivity contribution >= 4 is 35.1 Å². The molecule has 224 valence electrons. The summed E-state index contributed by atoms with van der Waals surface area (Å²) in [5, 5.41) is 7.03. The Hall–Kier alpha value is -3.73. The van der Waals surface area contributed by atoms with Crippen molar-refractivity contribution in [3.63, 3.8) is 0 Å². The molecule has 0 bridgehead atoms. The van der Waals surface area contributed by atoms with Crippen LogP contribution in [0.3, 0.4) is 0 Å². The van der Waals surface area contributed by atoms with E-state index in [9.17, 15) is 14.4 Å². The molecule has 5 rings (SSSR count). The van der Waals surface area contributed by atoms with Gasteiger partial charge in [-0.2, -0.15) is 0 Å². The maximum atomic E-state index is 13.6. The van der Waals surface area contributed by atoms with Crippen molar-refractivity contribution < 1.29 is 19.1 Å². The summed E-state index contributed by atoms with van der Waals surface area (Å²) >= 11 is 1.58.